The molecule has 1 fully saturated rings. The Bertz CT molecular complexity index is 418. The Morgan fingerprint density at radius 2 is 2.20 bits per heavy atom. The average molecular weight is 274 g/mol. The van der Waals surface area contributed by atoms with Gasteiger partial charge in [-0.3, -0.25) is 9.98 Å². The molecule has 0 atom stereocenters. The van der Waals surface area contributed by atoms with Crippen molar-refractivity contribution in [3.63, 3.8) is 0 Å². The van der Waals surface area contributed by atoms with Crippen LogP contribution in [0.3, 0.4) is 0 Å². The van der Waals surface area contributed by atoms with E-state index in [0.717, 1.165) is 31.2 Å². The quantitative estimate of drug-likeness (QED) is 0.618. The molecular weight excluding hydrogens is 248 g/mol. The van der Waals surface area contributed by atoms with E-state index in [4.69, 9.17) is 0 Å². The normalized spacial score (nSPS) is 17.4. The molecule has 1 heterocycles. The van der Waals surface area contributed by atoms with Gasteiger partial charge in [0.25, 0.3) is 0 Å². The fraction of sp³-hybridized carbons (Fsp3) is 0.625. The van der Waals surface area contributed by atoms with E-state index in [0.29, 0.717) is 5.41 Å². The second-order valence-electron chi connectivity index (χ2n) is 5.63. The molecular formula is C16H26N4. The first-order valence-electron chi connectivity index (χ1n) is 7.62. The minimum atomic E-state index is 0.513. The lowest BCUT2D eigenvalue weighted by molar-refractivity contribution is 0.131. The van der Waals surface area contributed by atoms with E-state index in [2.05, 4.69) is 33.6 Å². The summed E-state index contributed by atoms with van der Waals surface area (Å²) in [4.78, 5) is 8.61. The summed E-state index contributed by atoms with van der Waals surface area (Å²) in [7, 11) is 1.83. The van der Waals surface area contributed by atoms with E-state index in [1.807, 2.05) is 25.4 Å². The van der Waals surface area contributed by atoms with Crippen LogP contribution in [-0.2, 0) is 6.42 Å². The van der Waals surface area contributed by atoms with Crippen molar-refractivity contribution in [3.05, 3.63) is 30.1 Å². The second kappa shape index (κ2) is 7.27. The molecule has 1 aliphatic carbocycles. The van der Waals surface area contributed by atoms with Crippen LogP contribution in [-0.4, -0.2) is 31.1 Å². The van der Waals surface area contributed by atoms with Crippen molar-refractivity contribution in [2.75, 3.05) is 20.1 Å². The molecule has 1 saturated carbocycles. The van der Waals surface area contributed by atoms with Crippen LogP contribution < -0.4 is 10.6 Å². The smallest absolute Gasteiger partial charge is 0.191 e. The van der Waals surface area contributed by atoms with Crippen molar-refractivity contribution in [3.8, 4) is 0 Å². The molecule has 0 bridgehead atoms. The molecule has 4 heteroatoms. The predicted molar refractivity (Wildman–Crippen MR) is 83.9 cm³/mol. The highest BCUT2D eigenvalue weighted by molar-refractivity contribution is 5.79. The third-order valence-corrected chi connectivity index (χ3v) is 4.42. The van der Waals surface area contributed by atoms with E-state index in [1.165, 1.54) is 25.7 Å². The summed E-state index contributed by atoms with van der Waals surface area (Å²) in [5, 5.41) is 6.83. The lowest BCUT2D eigenvalue weighted by Gasteiger charge is -2.41. The second-order valence-corrected chi connectivity index (χ2v) is 5.63. The number of guanidine groups is 1. The van der Waals surface area contributed by atoms with Crippen LogP contribution in [0, 0.1) is 5.41 Å². The van der Waals surface area contributed by atoms with E-state index < -0.39 is 0 Å². The Kier molecular flexibility index (Phi) is 5.39. The largest absolute Gasteiger partial charge is 0.356 e. The summed E-state index contributed by atoms with van der Waals surface area (Å²) in [6, 6.07) is 6.02. The zero-order valence-electron chi connectivity index (χ0n) is 12.7. The molecule has 2 rings (SSSR count). The Morgan fingerprint density at radius 1 is 1.35 bits per heavy atom. The summed E-state index contributed by atoms with van der Waals surface area (Å²) in [5.74, 6) is 0.903. The Labute approximate surface area is 122 Å². The highest BCUT2D eigenvalue weighted by atomic mass is 15.2. The number of nitrogens with zero attached hydrogens (tertiary/aromatic N) is 2. The minimum Gasteiger partial charge on any atom is -0.356 e. The molecule has 1 aliphatic rings. The predicted octanol–water partition coefficient (Wildman–Crippen LogP) is 2.37. The van der Waals surface area contributed by atoms with Crippen molar-refractivity contribution < 1.29 is 0 Å². The first kappa shape index (κ1) is 14.8. The van der Waals surface area contributed by atoms with E-state index in [-0.39, 0.29) is 0 Å². The number of aromatic nitrogens is 1. The Balaban J connectivity index is 1.70. The van der Waals surface area contributed by atoms with Gasteiger partial charge in [-0.2, -0.15) is 0 Å². The van der Waals surface area contributed by atoms with Crippen LogP contribution >= 0.6 is 0 Å². The van der Waals surface area contributed by atoms with E-state index in [1.54, 1.807) is 0 Å². The molecule has 0 aromatic carbocycles. The zero-order chi connectivity index (χ0) is 14.3. The number of hydrogen-bond acceptors (Lipinski definition) is 2. The monoisotopic (exact) mass is 274 g/mol. The van der Waals surface area contributed by atoms with Crippen molar-refractivity contribution in [1.82, 2.24) is 15.6 Å². The molecule has 0 aliphatic heterocycles. The SMILES string of the molecule is CCC1(CNC(=NC)NCCc2ccccn2)CCC1. The highest BCUT2D eigenvalue weighted by Gasteiger charge is 2.34. The van der Waals surface area contributed by atoms with Gasteiger partial charge in [-0.25, -0.2) is 0 Å². The average Bonchev–Trinajstić information content (AvgIpc) is 2.45. The molecule has 20 heavy (non-hydrogen) atoms. The van der Waals surface area contributed by atoms with Gasteiger partial charge in [-0.15, -0.1) is 0 Å². The van der Waals surface area contributed by atoms with Crippen LogP contribution in [0.2, 0.25) is 0 Å². The molecule has 110 valence electrons. The Morgan fingerprint density at radius 3 is 2.75 bits per heavy atom. The van der Waals surface area contributed by atoms with Crippen LogP contribution in [0.15, 0.2) is 29.4 Å². The molecule has 1 aromatic heterocycles. The molecule has 0 saturated heterocycles. The maximum Gasteiger partial charge on any atom is 0.191 e. The summed E-state index contributed by atoms with van der Waals surface area (Å²) >= 11 is 0. The number of aliphatic imine (C=N–C) groups is 1. The fourth-order valence-electron chi connectivity index (χ4n) is 2.68. The first-order valence-corrected chi connectivity index (χ1v) is 7.62. The summed E-state index contributed by atoms with van der Waals surface area (Å²) in [5.41, 5.74) is 1.62. The Hall–Kier alpha value is -1.58. The van der Waals surface area contributed by atoms with Gasteiger partial charge in [0.1, 0.15) is 0 Å². The zero-order valence-corrected chi connectivity index (χ0v) is 12.7. The van der Waals surface area contributed by atoms with Gasteiger partial charge in [0.05, 0.1) is 0 Å². The van der Waals surface area contributed by atoms with Gasteiger partial charge in [0, 0.05) is 38.4 Å². The summed E-state index contributed by atoms with van der Waals surface area (Å²) in [6.07, 6.45) is 8.08. The van der Waals surface area contributed by atoms with Crippen molar-refractivity contribution in [1.29, 1.82) is 0 Å². The van der Waals surface area contributed by atoms with Crippen molar-refractivity contribution >= 4 is 5.96 Å². The van der Waals surface area contributed by atoms with E-state index >= 15 is 0 Å². The maximum atomic E-state index is 4.32. The lowest BCUT2D eigenvalue weighted by Crippen LogP contribution is -2.46. The third-order valence-electron chi connectivity index (χ3n) is 4.42. The van der Waals surface area contributed by atoms with Gasteiger partial charge in [0.2, 0.25) is 0 Å². The maximum absolute atomic E-state index is 4.32. The third kappa shape index (κ3) is 3.95. The molecule has 0 unspecified atom stereocenters. The summed E-state index contributed by atoms with van der Waals surface area (Å²) in [6.45, 7) is 4.18. The number of pyridine rings is 1. The first-order chi connectivity index (χ1) is 9.78. The van der Waals surface area contributed by atoms with Crippen LogP contribution in [0.5, 0.6) is 0 Å². The van der Waals surface area contributed by atoms with Gasteiger partial charge in [-0.05, 0) is 36.8 Å². The topological polar surface area (TPSA) is 49.3 Å². The number of nitrogens with one attached hydrogen (secondary N) is 2. The standard InChI is InChI=1S/C16H26N4/c1-3-16(9-6-10-16)13-20-15(17-2)19-12-8-14-7-4-5-11-18-14/h4-5,7,11H,3,6,8-10,12-13H2,1-2H3,(H2,17,19,20). The van der Waals surface area contributed by atoms with Crippen LogP contribution in [0.1, 0.15) is 38.3 Å². The van der Waals surface area contributed by atoms with Gasteiger partial charge in [0.15, 0.2) is 5.96 Å². The van der Waals surface area contributed by atoms with Gasteiger partial charge < -0.3 is 10.6 Å². The number of rotatable bonds is 6. The number of hydrogen-bond donors (Lipinski definition) is 2. The van der Waals surface area contributed by atoms with Crippen molar-refractivity contribution in [2.24, 2.45) is 10.4 Å². The minimum absolute atomic E-state index is 0.513. The fourth-order valence-corrected chi connectivity index (χ4v) is 2.68. The molecule has 0 radical (unpaired) electrons. The molecule has 1 aromatic rings. The molecule has 0 spiro atoms. The molecule has 4 nitrogen and oxygen atoms in total. The molecule has 2 N–H and O–H groups in total. The summed E-state index contributed by atoms with van der Waals surface area (Å²) < 4.78 is 0. The highest BCUT2D eigenvalue weighted by Crippen LogP contribution is 2.42. The van der Waals surface area contributed by atoms with Crippen molar-refractivity contribution in [2.45, 2.75) is 39.0 Å². The lowest BCUT2D eigenvalue weighted by atomic mass is 9.67. The van der Waals surface area contributed by atoms with Gasteiger partial charge in [-0.1, -0.05) is 19.4 Å². The van der Waals surface area contributed by atoms with Crippen LogP contribution in [0.4, 0.5) is 0 Å². The van der Waals surface area contributed by atoms with E-state index in [9.17, 15) is 0 Å². The van der Waals surface area contributed by atoms with Crippen LogP contribution in [0.25, 0.3) is 0 Å². The molecule has 0 amide bonds. The van der Waals surface area contributed by atoms with Gasteiger partial charge >= 0.3 is 0 Å².